The van der Waals surface area contributed by atoms with E-state index in [-0.39, 0.29) is 11.6 Å². The summed E-state index contributed by atoms with van der Waals surface area (Å²) < 4.78 is 35.2. The quantitative estimate of drug-likeness (QED) is 0.768. The molecule has 0 aliphatic carbocycles. The van der Waals surface area contributed by atoms with Crippen LogP contribution in [0.5, 0.6) is 0 Å². The summed E-state index contributed by atoms with van der Waals surface area (Å²) in [5.41, 5.74) is 0. The van der Waals surface area contributed by atoms with E-state index in [4.69, 9.17) is 11.6 Å². The van der Waals surface area contributed by atoms with Crippen molar-refractivity contribution in [3.05, 3.63) is 11.6 Å². The summed E-state index contributed by atoms with van der Waals surface area (Å²) >= 11 is 5.41. The molecule has 7 heteroatoms. The lowest BCUT2D eigenvalue weighted by atomic mass is 10.3. The van der Waals surface area contributed by atoms with Crippen molar-refractivity contribution in [2.75, 3.05) is 13.1 Å². The Morgan fingerprint density at radius 2 is 2.07 bits per heavy atom. The van der Waals surface area contributed by atoms with Crippen molar-refractivity contribution in [3.8, 4) is 0 Å². The Morgan fingerprint density at radius 1 is 1.53 bits per heavy atom. The molecule has 3 nitrogen and oxygen atoms in total. The van der Waals surface area contributed by atoms with E-state index in [2.05, 4.69) is 11.9 Å². The molecule has 0 spiro atoms. The summed E-state index contributed by atoms with van der Waals surface area (Å²) in [5, 5.41) is 4.64. The minimum Gasteiger partial charge on any atom is -0.346 e. The van der Waals surface area contributed by atoms with Gasteiger partial charge in [-0.1, -0.05) is 18.2 Å². The van der Waals surface area contributed by atoms with Crippen molar-refractivity contribution in [1.29, 1.82) is 0 Å². The van der Waals surface area contributed by atoms with E-state index in [0.717, 1.165) is 0 Å². The molecule has 2 N–H and O–H groups in total. The van der Waals surface area contributed by atoms with Gasteiger partial charge in [0.25, 0.3) is 0 Å². The van der Waals surface area contributed by atoms with Gasteiger partial charge in [0, 0.05) is 11.6 Å². The fraction of sp³-hybridized carbons (Fsp3) is 0.625. The van der Waals surface area contributed by atoms with Gasteiger partial charge in [-0.05, 0) is 6.92 Å². The summed E-state index contributed by atoms with van der Waals surface area (Å²) in [6.45, 7) is 3.63. The average molecular weight is 245 g/mol. The first-order valence-corrected chi connectivity index (χ1v) is 4.51. The molecule has 0 aliphatic heterocycles. The Hall–Kier alpha value is -0.750. The van der Waals surface area contributed by atoms with E-state index in [9.17, 15) is 18.0 Å². The van der Waals surface area contributed by atoms with Crippen LogP contribution >= 0.6 is 11.6 Å². The molecule has 0 aliphatic rings. The Balaban J connectivity index is 3.84. The van der Waals surface area contributed by atoms with Gasteiger partial charge in [-0.15, -0.1) is 0 Å². The summed E-state index contributed by atoms with van der Waals surface area (Å²) in [6.07, 6.45) is -4.40. The van der Waals surface area contributed by atoms with Crippen LogP contribution in [0.3, 0.4) is 0 Å². The second kappa shape index (κ2) is 5.97. The fourth-order valence-corrected chi connectivity index (χ4v) is 0.774. The van der Waals surface area contributed by atoms with Gasteiger partial charge in [-0.25, -0.2) is 0 Å². The first kappa shape index (κ1) is 14.2. The maximum absolute atomic E-state index is 11.7. The van der Waals surface area contributed by atoms with Crippen LogP contribution < -0.4 is 10.6 Å². The van der Waals surface area contributed by atoms with Crippen molar-refractivity contribution in [2.45, 2.75) is 19.1 Å². The standard InChI is InChI=1S/C8H12ClF3N2O/c1-5(9)3-13-6(2)7(15)14-4-8(10,11)12/h6,13H,1,3-4H2,2H3,(H,14,15). The first-order valence-electron chi connectivity index (χ1n) is 4.13. The van der Waals surface area contributed by atoms with Gasteiger partial charge >= 0.3 is 6.18 Å². The highest BCUT2D eigenvalue weighted by Crippen LogP contribution is 2.12. The highest BCUT2D eigenvalue weighted by atomic mass is 35.5. The number of alkyl halides is 3. The summed E-state index contributed by atoms with van der Waals surface area (Å²) in [6, 6.07) is -0.747. The van der Waals surface area contributed by atoms with Crippen LogP contribution in [0, 0.1) is 0 Å². The van der Waals surface area contributed by atoms with Gasteiger partial charge in [0.1, 0.15) is 6.54 Å². The van der Waals surface area contributed by atoms with E-state index in [1.54, 1.807) is 5.32 Å². The third-order valence-electron chi connectivity index (χ3n) is 1.46. The lowest BCUT2D eigenvalue weighted by Gasteiger charge is -2.14. The molecule has 0 saturated heterocycles. The lowest BCUT2D eigenvalue weighted by Crippen LogP contribution is -2.45. The van der Waals surface area contributed by atoms with Crippen LogP contribution in [0.1, 0.15) is 6.92 Å². The number of amides is 1. The molecule has 0 aromatic heterocycles. The Labute approximate surface area is 90.7 Å². The first-order chi connectivity index (χ1) is 6.72. The van der Waals surface area contributed by atoms with Crippen molar-refractivity contribution in [3.63, 3.8) is 0 Å². The summed E-state index contributed by atoms with van der Waals surface area (Å²) in [7, 11) is 0. The number of halogens is 4. The van der Waals surface area contributed by atoms with Crippen LogP contribution in [0.2, 0.25) is 0 Å². The van der Waals surface area contributed by atoms with Crippen molar-refractivity contribution in [1.82, 2.24) is 10.6 Å². The fourth-order valence-electron chi connectivity index (χ4n) is 0.697. The molecule has 0 rings (SSSR count). The molecule has 0 aromatic rings. The van der Waals surface area contributed by atoms with Crippen LogP contribution in [0.4, 0.5) is 13.2 Å². The Bertz CT molecular complexity index is 243. The molecule has 1 amide bonds. The molecule has 0 radical (unpaired) electrons. The third-order valence-corrected chi connectivity index (χ3v) is 1.59. The molecule has 0 aromatic carbocycles. The maximum Gasteiger partial charge on any atom is 0.405 e. The van der Waals surface area contributed by atoms with E-state index in [1.807, 2.05) is 0 Å². The minimum absolute atomic E-state index is 0.169. The van der Waals surface area contributed by atoms with Gasteiger partial charge in [0.05, 0.1) is 6.04 Å². The molecule has 88 valence electrons. The van der Waals surface area contributed by atoms with E-state index < -0.39 is 24.7 Å². The van der Waals surface area contributed by atoms with Gasteiger partial charge < -0.3 is 10.6 Å². The number of nitrogens with one attached hydrogen (secondary N) is 2. The predicted molar refractivity (Wildman–Crippen MR) is 51.5 cm³/mol. The van der Waals surface area contributed by atoms with Crippen molar-refractivity contribution >= 4 is 17.5 Å². The molecule has 1 atom stereocenters. The van der Waals surface area contributed by atoms with Crippen LogP contribution in [0.15, 0.2) is 11.6 Å². The van der Waals surface area contributed by atoms with Gasteiger partial charge in [0.2, 0.25) is 5.91 Å². The normalized spacial score (nSPS) is 13.4. The number of hydrogen-bond donors (Lipinski definition) is 2. The van der Waals surface area contributed by atoms with Gasteiger partial charge in [-0.3, -0.25) is 4.79 Å². The van der Waals surface area contributed by atoms with Gasteiger partial charge in [-0.2, -0.15) is 13.2 Å². The highest BCUT2D eigenvalue weighted by Gasteiger charge is 2.28. The molecule has 0 fully saturated rings. The number of carbonyl (C=O) groups excluding carboxylic acids is 1. The van der Waals surface area contributed by atoms with E-state index >= 15 is 0 Å². The molecule has 1 unspecified atom stereocenters. The SMILES string of the molecule is C=C(Cl)CNC(C)C(=O)NCC(F)(F)F. The molecule has 0 bridgehead atoms. The van der Waals surface area contributed by atoms with E-state index in [0.29, 0.717) is 0 Å². The third kappa shape index (κ3) is 8.26. The van der Waals surface area contributed by atoms with Crippen LogP contribution in [-0.2, 0) is 4.79 Å². The van der Waals surface area contributed by atoms with Crippen LogP contribution in [0.25, 0.3) is 0 Å². The molecular weight excluding hydrogens is 233 g/mol. The number of rotatable bonds is 5. The predicted octanol–water partition coefficient (Wildman–Crippen LogP) is 1.40. The zero-order valence-corrected chi connectivity index (χ0v) is 8.87. The summed E-state index contributed by atoms with van der Waals surface area (Å²) in [5.74, 6) is -0.731. The molecule has 0 heterocycles. The smallest absolute Gasteiger partial charge is 0.346 e. The minimum atomic E-state index is -4.40. The van der Waals surface area contributed by atoms with Crippen molar-refractivity contribution < 1.29 is 18.0 Å². The van der Waals surface area contributed by atoms with Gasteiger partial charge in [0.15, 0.2) is 0 Å². The van der Waals surface area contributed by atoms with Crippen LogP contribution in [-0.4, -0.2) is 31.2 Å². The average Bonchev–Trinajstić information content (AvgIpc) is 2.08. The molecular formula is C8H12ClF3N2O. The number of carbonyl (C=O) groups is 1. The topological polar surface area (TPSA) is 41.1 Å². The highest BCUT2D eigenvalue weighted by molar-refractivity contribution is 6.29. The summed E-state index contributed by atoms with van der Waals surface area (Å²) in [4.78, 5) is 11.1. The molecule has 15 heavy (non-hydrogen) atoms. The second-order valence-electron chi connectivity index (χ2n) is 2.95. The van der Waals surface area contributed by atoms with Crippen molar-refractivity contribution in [2.24, 2.45) is 0 Å². The lowest BCUT2D eigenvalue weighted by molar-refractivity contribution is -0.139. The van der Waals surface area contributed by atoms with E-state index in [1.165, 1.54) is 6.92 Å². The Kier molecular flexibility index (Phi) is 5.67. The zero-order chi connectivity index (χ0) is 12.1. The maximum atomic E-state index is 11.7. The second-order valence-corrected chi connectivity index (χ2v) is 3.49. The number of hydrogen-bond acceptors (Lipinski definition) is 2. The monoisotopic (exact) mass is 244 g/mol. The molecule has 0 saturated carbocycles. The Morgan fingerprint density at radius 3 is 2.47 bits per heavy atom. The largest absolute Gasteiger partial charge is 0.405 e. The zero-order valence-electron chi connectivity index (χ0n) is 8.12.